The number of aromatic hydroxyl groups is 1. The zero-order chi connectivity index (χ0) is 20.1. The molecule has 0 saturated carbocycles. The summed E-state index contributed by atoms with van der Waals surface area (Å²) < 4.78 is 5.58. The summed E-state index contributed by atoms with van der Waals surface area (Å²) >= 11 is 6.52. The molecule has 0 atom stereocenters. The number of anilines is 1. The Morgan fingerprint density at radius 3 is 2.61 bits per heavy atom. The van der Waals surface area contributed by atoms with Gasteiger partial charge < -0.3 is 9.84 Å². The minimum Gasteiger partial charge on any atom is -0.507 e. The van der Waals surface area contributed by atoms with Crippen LogP contribution in [-0.4, -0.2) is 27.9 Å². The number of para-hydroxylation sites is 1. The highest BCUT2D eigenvalue weighted by Crippen LogP contribution is 2.37. The molecule has 144 valence electrons. The van der Waals surface area contributed by atoms with E-state index in [4.69, 9.17) is 17.0 Å². The Labute approximate surface area is 173 Å². The Bertz CT molecular complexity index is 938. The van der Waals surface area contributed by atoms with Crippen LogP contribution in [-0.2, 0) is 9.53 Å². The van der Waals surface area contributed by atoms with Gasteiger partial charge in [-0.25, -0.2) is 4.79 Å². The first-order valence-electron chi connectivity index (χ1n) is 8.84. The number of esters is 1. The third kappa shape index (κ3) is 4.43. The van der Waals surface area contributed by atoms with Gasteiger partial charge in [-0.1, -0.05) is 55.5 Å². The van der Waals surface area contributed by atoms with Crippen LogP contribution in [0, 0.1) is 0 Å². The third-order valence-electron chi connectivity index (χ3n) is 4.11. The summed E-state index contributed by atoms with van der Waals surface area (Å²) in [6.45, 7) is 2.42. The van der Waals surface area contributed by atoms with Crippen molar-refractivity contribution in [3.05, 3.63) is 64.6 Å². The van der Waals surface area contributed by atoms with Crippen molar-refractivity contribution in [1.29, 1.82) is 0 Å². The Kier molecular flexibility index (Phi) is 6.49. The number of benzene rings is 2. The predicted molar refractivity (Wildman–Crippen MR) is 115 cm³/mol. The second kappa shape index (κ2) is 9.03. The van der Waals surface area contributed by atoms with Gasteiger partial charge in [-0.05, 0) is 42.8 Å². The van der Waals surface area contributed by atoms with Gasteiger partial charge in [0.15, 0.2) is 4.32 Å². The quantitative estimate of drug-likeness (QED) is 0.319. The first-order valence-corrected chi connectivity index (χ1v) is 10.1. The number of phenols is 1. The Balaban J connectivity index is 1.77. The number of thioether (sulfide) groups is 1. The molecule has 2 aromatic carbocycles. The molecule has 0 aliphatic carbocycles. The summed E-state index contributed by atoms with van der Waals surface area (Å²) in [6.07, 6.45) is 3.40. The topological polar surface area (TPSA) is 66.8 Å². The molecule has 1 aliphatic rings. The van der Waals surface area contributed by atoms with Crippen molar-refractivity contribution in [1.82, 2.24) is 0 Å². The van der Waals surface area contributed by atoms with Crippen LogP contribution >= 0.6 is 24.0 Å². The lowest BCUT2D eigenvalue weighted by atomic mass is 10.1. The lowest BCUT2D eigenvalue weighted by molar-refractivity contribution is -0.113. The van der Waals surface area contributed by atoms with Crippen molar-refractivity contribution in [3.63, 3.8) is 0 Å². The molecule has 0 unspecified atom stereocenters. The van der Waals surface area contributed by atoms with E-state index in [1.54, 1.807) is 54.6 Å². The van der Waals surface area contributed by atoms with Crippen molar-refractivity contribution >= 4 is 51.9 Å². The highest BCUT2D eigenvalue weighted by Gasteiger charge is 2.33. The van der Waals surface area contributed by atoms with Gasteiger partial charge in [0.1, 0.15) is 5.75 Å². The van der Waals surface area contributed by atoms with E-state index in [0.29, 0.717) is 32.6 Å². The number of carbonyl (C=O) groups excluding carboxylic acids is 2. The molecule has 2 aromatic rings. The molecule has 3 rings (SSSR count). The van der Waals surface area contributed by atoms with Crippen LogP contribution in [0.25, 0.3) is 6.08 Å². The number of rotatable bonds is 6. The molecule has 0 spiro atoms. The lowest BCUT2D eigenvalue weighted by Crippen LogP contribution is -2.27. The molecule has 1 aliphatic heterocycles. The monoisotopic (exact) mass is 413 g/mol. The number of carbonyl (C=O) groups is 2. The van der Waals surface area contributed by atoms with Crippen LogP contribution in [0.4, 0.5) is 5.69 Å². The largest absolute Gasteiger partial charge is 0.507 e. The minimum atomic E-state index is -0.384. The van der Waals surface area contributed by atoms with Gasteiger partial charge in [-0.15, -0.1) is 0 Å². The van der Waals surface area contributed by atoms with E-state index in [0.717, 1.165) is 12.8 Å². The summed E-state index contributed by atoms with van der Waals surface area (Å²) in [6, 6.07) is 13.4. The zero-order valence-electron chi connectivity index (χ0n) is 15.3. The molecule has 5 nitrogen and oxygen atoms in total. The lowest BCUT2D eigenvalue weighted by Gasteiger charge is -2.14. The molecular weight excluding hydrogens is 394 g/mol. The van der Waals surface area contributed by atoms with Gasteiger partial charge in [0, 0.05) is 5.56 Å². The fourth-order valence-corrected chi connectivity index (χ4v) is 3.87. The number of amides is 1. The van der Waals surface area contributed by atoms with Crippen molar-refractivity contribution in [2.75, 3.05) is 11.5 Å². The molecule has 28 heavy (non-hydrogen) atoms. The number of ether oxygens (including phenoxy) is 1. The molecule has 0 aromatic heterocycles. The van der Waals surface area contributed by atoms with Crippen LogP contribution in [0.3, 0.4) is 0 Å². The van der Waals surface area contributed by atoms with Crippen LogP contribution in [0.5, 0.6) is 5.75 Å². The zero-order valence-corrected chi connectivity index (χ0v) is 16.9. The van der Waals surface area contributed by atoms with Crippen molar-refractivity contribution < 1.29 is 19.4 Å². The van der Waals surface area contributed by atoms with E-state index < -0.39 is 0 Å². The number of nitrogens with zero attached hydrogens (tertiary/aromatic N) is 1. The van der Waals surface area contributed by atoms with E-state index in [1.807, 2.05) is 6.92 Å². The summed E-state index contributed by atoms with van der Waals surface area (Å²) in [5.74, 6) is -0.555. The second-order valence-corrected chi connectivity index (χ2v) is 7.79. The van der Waals surface area contributed by atoms with Gasteiger partial charge in [-0.3, -0.25) is 9.69 Å². The Morgan fingerprint density at radius 1 is 1.21 bits per heavy atom. The molecule has 1 amide bonds. The van der Waals surface area contributed by atoms with Crippen molar-refractivity contribution in [2.24, 2.45) is 0 Å². The van der Waals surface area contributed by atoms with E-state index >= 15 is 0 Å². The van der Waals surface area contributed by atoms with E-state index in [-0.39, 0.29) is 17.6 Å². The summed E-state index contributed by atoms with van der Waals surface area (Å²) in [4.78, 5) is 26.6. The molecule has 1 fully saturated rings. The van der Waals surface area contributed by atoms with Gasteiger partial charge in [0.25, 0.3) is 5.91 Å². The fraction of sp³-hybridized carbons (Fsp3) is 0.190. The number of hydrogen-bond donors (Lipinski definition) is 1. The summed E-state index contributed by atoms with van der Waals surface area (Å²) in [5.41, 5.74) is 1.55. The predicted octanol–water partition coefficient (Wildman–Crippen LogP) is 4.75. The molecule has 1 N–H and O–H groups in total. The summed E-state index contributed by atoms with van der Waals surface area (Å²) in [7, 11) is 0. The third-order valence-corrected chi connectivity index (χ3v) is 5.41. The molecule has 1 saturated heterocycles. The number of thiocarbonyl (C=S) groups is 1. The maximum atomic E-state index is 12.8. The highest BCUT2D eigenvalue weighted by molar-refractivity contribution is 8.27. The van der Waals surface area contributed by atoms with Crippen LogP contribution < -0.4 is 4.90 Å². The molecule has 7 heteroatoms. The van der Waals surface area contributed by atoms with Gasteiger partial charge >= 0.3 is 5.97 Å². The molecular formula is C21H19NO4S2. The van der Waals surface area contributed by atoms with Crippen LogP contribution in [0.2, 0.25) is 0 Å². The normalized spacial score (nSPS) is 15.3. The van der Waals surface area contributed by atoms with E-state index in [2.05, 4.69) is 0 Å². The number of hydrogen-bond acceptors (Lipinski definition) is 6. The van der Waals surface area contributed by atoms with Gasteiger partial charge in [0.2, 0.25) is 0 Å². The van der Waals surface area contributed by atoms with Gasteiger partial charge in [0.05, 0.1) is 22.8 Å². The smallest absolute Gasteiger partial charge is 0.338 e. The average molecular weight is 414 g/mol. The number of phenolic OH excluding ortho intramolecular Hbond substituents is 1. The van der Waals surface area contributed by atoms with Crippen LogP contribution in [0.1, 0.15) is 35.7 Å². The van der Waals surface area contributed by atoms with E-state index in [9.17, 15) is 14.7 Å². The minimum absolute atomic E-state index is 0.0960. The highest BCUT2D eigenvalue weighted by atomic mass is 32.2. The van der Waals surface area contributed by atoms with Crippen LogP contribution in [0.15, 0.2) is 53.4 Å². The van der Waals surface area contributed by atoms with Crippen molar-refractivity contribution in [3.8, 4) is 5.75 Å². The SMILES string of the molecule is CCCCOC(=O)c1ccc(N2C(=O)/C(=C/c3ccccc3O)SC2=S)cc1. The molecule has 0 bridgehead atoms. The first-order chi connectivity index (χ1) is 13.5. The van der Waals surface area contributed by atoms with E-state index in [1.165, 1.54) is 16.7 Å². The average Bonchev–Trinajstić information content (AvgIpc) is 2.97. The fourth-order valence-electron chi connectivity index (χ4n) is 2.58. The Morgan fingerprint density at radius 2 is 1.93 bits per heavy atom. The second-order valence-electron chi connectivity index (χ2n) is 6.11. The molecule has 1 heterocycles. The Hall–Kier alpha value is -2.64. The first kappa shape index (κ1) is 20.1. The summed E-state index contributed by atoms with van der Waals surface area (Å²) in [5, 5.41) is 9.91. The maximum Gasteiger partial charge on any atom is 0.338 e. The maximum absolute atomic E-state index is 12.8. The standard InChI is InChI=1S/C21H19NO4S2/c1-2-3-12-26-20(25)14-8-10-16(11-9-14)22-19(24)18(28-21(22)27)13-15-6-4-5-7-17(15)23/h4-11,13,23H,2-3,12H2,1H3/b18-13-. The van der Waals surface area contributed by atoms with Crippen molar-refractivity contribution in [2.45, 2.75) is 19.8 Å². The number of unbranched alkanes of at least 4 members (excludes halogenated alkanes) is 1. The molecule has 0 radical (unpaired) electrons. The van der Waals surface area contributed by atoms with Gasteiger partial charge in [-0.2, -0.15) is 0 Å².